The Morgan fingerprint density at radius 2 is 1.54 bits per heavy atom. The van der Waals surface area contributed by atoms with Crippen LogP contribution in [0.2, 0.25) is 0 Å². The highest BCUT2D eigenvalue weighted by molar-refractivity contribution is 5.93. The Hall–Kier alpha value is -2.94. The summed E-state index contributed by atoms with van der Waals surface area (Å²) in [4.78, 5) is 9.78. The molecule has 1 aliphatic rings. The van der Waals surface area contributed by atoms with Crippen molar-refractivity contribution in [3.63, 3.8) is 0 Å². The molecule has 2 aromatic carbocycles. The van der Waals surface area contributed by atoms with Crippen molar-refractivity contribution in [3.05, 3.63) is 101 Å². The van der Waals surface area contributed by atoms with Crippen molar-refractivity contribution in [1.29, 1.82) is 0 Å². The second kappa shape index (κ2) is 8.39. The predicted octanol–water partition coefficient (Wildman–Crippen LogP) is 5.45. The van der Waals surface area contributed by atoms with Crippen LogP contribution in [0.1, 0.15) is 48.7 Å². The number of nitrogens with zero attached hydrogens (tertiary/aromatic N) is 2. The molecule has 28 heavy (non-hydrogen) atoms. The van der Waals surface area contributed by atoms with Gasteiger partial charge in [0.2, 0.25) is 5.90 Å². The van der Waals surface area contributed by atoms with Crippen molar-refractivity contribution < 1.29 is 4.74 Å². The SMILES string of the molecule is CC[C@H](C)[C@H]1COC(c2cccc(C(c3ccccc3)c3ccccc3)n2)=N1. The summed E-state index contributed by atoms with van der Waals surface area (Å²) in [5.74, 6) is 1.27. The van der Waals surface area contributed by atoms with Gasteiger partial charge in [0.05, 0.1) is 17.7 Å². The minimum absolute atomic E-state index is 0.0784. The van der Waals surface area contributed by atoms with Crippen LogP contribution in [0.3, 0.4) is 0 Å². The average molecular weight is 370 g/mol. The van der Waals surface area contributed by atoms with Gasteiger partial charge in [0, 0.05) is 0 Å². The van der Waals surface area contributed by atoms with Gasteiger partial charge in [-0.2, -0.15) is 0 Å². The van der Waals surface area contributed by atoms with Gasteiger partial charge in [0.15, 0.2) is 0 Å². The molecule has 0 saturated heterocycles. The van der Waals surface area contributed by atoms with E-state index in [1.54, 1.807) is 0 Å². The summed E-state index contributed by atoms with van der Waals surface area (Å²) in [7, 11) is 0. The van der Waals surface area contributed by atoms with Gasteiger partial charge in [-0.15, -0.1) is 0 Å². The van der Waals surface area contributed by atoms with E-state index in [1.807, 2.05) is 18.2 Å². The third-order valence-corrected chi connectivity index (χ3v) is 5.53. The van der Waals surface area contributed by atoms with E-state index in [-0.39, 0.29) is 12.0 Å². The molecule has 0 saturated carbocycles. The van der Waals surface area contributed by atoms with Crippen molar-refractivity contribution in [2.45, 2.75) is 32.2 Å². The van der Waals surface area contributed by atoms with Crippen LogP contribution < -0.4 is 0 Å². The molecule has 2 heterocycles. The van der Waals surface area contributed by atoms with Crippen molar-refractivity contribution in [2.24, 2.45) is 10.9 Å². The van der Waals surface area contributed by atoms with E-state index >= 15 is 0 Å². The summed E-state index contributed by atoms with van der Waals surface area (Å²) in [6, 6.07) is 27.4. The first-order valence-corrected chi connectivity index (χ1v) is 10.0. The molecule has 2 atom stereocenters. The van der Waals surface area contributed by atoms with Crippen LogP contribution >= 0.6 is 0 Å². The molecule has 142 valence electrons. The Bertz CT molecular complexity index is 898. The number of hydrogen-bond donors (Lipinski definition) is 0. The van der Waals surface area contributed by atoms with Gasteiger partial charge in [0.25, 0.3) is 0 Å². The Morgan fingerprint density at radius 3 is 2.14 bits per heavy atom. The zero-order chi connectivity index (χ0) is 19.3. The van der Waals surface area contributed by atoms with E-state index in [2.05, 4.69) is 74.5 Å². The van der Waals surface area contributed by atoms with E-state index < -0.39 is 0 Å². The molecule has 3 nitrogen and oxygen atoms in total. The highest BCUT2D eigenvalue weighted by atomic mass is 16.5. The van der Waals surface area contributed by atoms with Crippen LogP contribution in [0.25, 0.3) is 0 Å². The molecule has 1 aromatic heterocycles. The van der Waals surface area contributed by atoms with Crippen molar-refractivity contribution in [3.8, 4) is 0 Å². The first-order valence-electron chi connectivity index (χ1n) is 10.0. The van der Waals surface area contributed by atoms with E-state index in [1.165, 1.54) is 11.1 Å². The van der Waals surface area contributed by atoms with Gasteiger partial charge < -0.3 is 4.74 Å². The molecule has 0 fully saturated rings. The largest absolute Gasteiger partial charge is 0.474 e. The summed E-state index contributed by atoms with van der Waals surface area (Å²) in [6.07, 6.45) is 1.10. The Balaban J connectivity index is 1.72. The van der Waals surface area contributed by atoms with Gasteiger partial charge in [-0.3, -0.25) is 0 Å². The lowest BCUT2D eigenvalue weighted by Crippen LogP contribution is -2.16. The summed E-state index contributed by atoms with van der Waals surface area (Å²) >= 11 is 0. The second-order valence-electron chi connectivity index (χ2n) is 7.40. The minimum Gasteiger partial charge on any atom is -0.474 e. The van der Waals surface area contributed by atoms with E-state index in [4.69, 9.17) is 14.7 Å². The topological polar surface area (TPSA) is 34.5 Å². The molecule has 4 rings (SSSR count). The molecule has 0 unspecified atom stereocenters. The number of rotatable bonds is 6. The van der Waals surface area contributed by atoms with Crippen LogP contribution in [0, 0.1) is 5.92 Å². The fourth-order valence-electron chi connectivity index (χ4n) is 3.65. The third-order valence-electron chi connectivity index (χ3n) is 5.53. The van der Waals surface area contributed by atoms with Crippen molar-refractivity contribution in [2.75, 3.05) is 6.61 Å². The summed E-state index contributed by atoms with van der Waals surface area (Å²) in [5, 5.41) is 0. The molecule has 0 radical (unpaired) electrons. The number of pyridine rings is 1. The Kier molecular flexibility index (Phi) is 5.52. The van der Waals surface area contributed by atoms with Crippen LogP contribution in [0.4, 0.5) is 0 Å². The first kappa shape index (κ1) is 18.4. The van der Waals surface area contributed by atoms with Crippen LogP contribution in [0.15, 0.2) is 83.9 Å². The summed E-state index contributed by atoms with van der Waals surface area (Å²) < 4.78 is 5.91. The molecule has 0 aliphatic carbocycles. The smallest absolute Gasteiger partial charge is 0.235 e. The fourth-order valence-corrected chi connectivity index (χ4v) is 3.65. The first-order chi connectivity index (χ1) is 13.8. The molecule has 0 amide bonds. The van der Waals surface area contributed by atoms with Gasteiger partial charge >= 0.3 is 0 Å². The maximum Gasteiger partial charge on any atom is 0.235 e. The van der Waals surface area contributed by atoms with E-state index in [0.29, 0.717) is 18.4 Å². The lowest BCUT2D eigenvalue weighted by molar-refractivity contribution is 0.282. The summed E-state index contributed by atoms with van der Waals surface area (Å²) in [6.45, 7) is 5.07. The number of hydrogen-bond acceptors (Lipinski definition) is 3. The lowest BCUT2D eigenvalue weighted by atomic mass is 9.88. The highest BCUT2D eigenvalue weighted by Crippen LogP contribution is 2.31. The molecule has 3 heteroatoms. The van der Waals surface area contributed by atoms with E-state index in [0.717, 1.165) is 17.8 Å². The normalized spacial score (nSPS) is 17.2. The summed E-state index contributed by atoms with van der Waals surface area (Å²) in [5.41, 5.74) is 4.28. The van der Waals surface area contributed by atoms with Gasteiger partial charge in [-0.25, -0.2) is 9.98 Å². The predicted molar refractivity (Wildman–Crippen MR) is 114 cm³/mol. The maximum atomic E-state index is 5.91. The zero-order valence-corrected chi connectivity index (χ0v) is 16.5. The minimum atomic E-state index is 0.0784. The Labute approximate surface area is 167 Å². The highest BCUT2D eigenvalue weighted by Gasteiger charge is 2.26. The fraction of sp³-hybridized carbons (Fsp3) is 0.280. The van der Waals surface area contributed by atoms with Crippen LogP contribution in [-0.4, -0.2) is 23.5 Å². The van der Waals surface area contributed by atoms with Crippen LogP contribution in [-0.2, 0) is 4.74 Å². The Morgan fingerprint density at radius 1 is 0.893 bits per heavy atom. The average Bonchev–Trinajstić information content (AvgIpc) is 3.26. The van der Waals surface area contributed by atoms with Crippen molar-refractivity contribution in [1.82, 2.24) is 4.98 Å². The maximum absolute atomic E-state index is 5.91. The van der Waals surface area contributed by atoms with Gasteiger partial charge in [-0.05, 0) is 29.2 Å². The third kappa shape index (κ3) is 3.84. The molecule has 1 aliphatic heterocycles. The number of aromatic nitrogens is 1. The molecule has 0 bridgehead atoms. The molecule has 0 N–H and O–H groups in total. The number of aliphatic imine (C=N–C) groups is 1. The van der Waals surface area contributed by atoms with E-state index in [9.17, 15) is 0 Å². The number of benzene rings is 2. The lowest BCUT2D eigenvalue weighted by Gasteiger charge is -2.18. The van der Waals surface area contributed by atoms with Crippen molar-refractivity contribution >= 4 is 5.90 Å². The van der Waals surface area contributed by atoms with Gasteiger partial charge in [0.1, 0.15) is 12.3 Å². The van der Waals surface area contributed by atoms with Gasteiger partial charge in [-0.1, -0.05) is 87.0 Å². The standard InChI is InChI=1S/C25H26N2O/c1-3-18(2)23-17-28-25(27-23)22-16-10-15-21(26-22)24(19-11-6-4-7-12-19)20-13-8-5-9-14-20/h4-16,18,23-24H,3,17H2,1-2H3/t18-,23+/m0/s1. The molecule has 3 aromatic rings. The van der Waals surface area contributed by atoms with Crippen LogP contribution in [0.5, 0.6) is 0 Å². The quantitative estimate of drug-likeness (QED) is 0.578. The zero-order valence-electron chi connectivity index (χ0n) is 16.5. The monoisotopic (exact) mass is 370 g/mol. The molecular weight excluding hydrogens is 344 g/mol. The number of ether oxygens (including phenoxy) is 1. The molecule has 0 spiro atoms. The second-order valence-corrected chi connectivity index (χ2v) is 7.40. The molecular formula is C25H26N2O.